The SMILES string of the molecule is CCCCCOC(CC)N1CC(C)C1. The molecule has 1 saturated heterocycles. The Labute approximate surface area is 88.6 Å². The number of hydrogen-bond donors (Lipinski definition) is 0. The topological polar surface area (TPSA) is 12.5 Å². The lowest BCUT2D eigenvalue weighted by atomic mass is 10.0. The Morgan fingerprint density at radius 2 is 2.00 bits per heavy atom. The van der Waals surface area contributed by atoms with Crippen LogP contribution in [0.2, 0.25) is 0 Å². The summed E-state index contributed by atoms with van der Waals surface area (Å²) in [6.45, 7) is 10.2. The summed E-state index contributed by atoms with van der Waals surface area (Å²) < 4.78 is 5.87. The molecule has 14 heavy (non-hydrogen) atoms. The van der Waals surface area contributed by atoms with Crippen molar-refractivity contribution in [1.82, 2.24) is 4.90 Å². The maximum Gasteiger partial charge on any atom is 0.110 e. The number of rotatable bonds is 7. The summed E-state index contributed by atoms with van der Waals surface area (Å²) in [5, 5.41) is 0. The van der Waals surface area contributed by atoms with Gasteiger partial charge in [0.15, 0.2) is 0 Å². The van der Waals surface area contributed by atoms with Crippen molar-refractivity contribution in [3.8, 4) is 0 Å². The smallest absolute Gasteiger partial charge is 0.110 e. The second-order valence-electron chi connectivity index (χ2n) is 4.50. The molecule has 0 aromatic carbocycles. The average Bonchev–Trinajstić information content (AvgIpc) is 2.14. The quantitative estimate of drug-likeness (QED) is 0.585. The molecule has 1 aliphatic heterocycles. The highest BCUT2D eigenvalue weighted by Crippen LogP contribution is 2.20. The summed E-state index contributed by atoms with van der Waals surface area (Å²) in [7, 11) is 0. The molecule has 1 aliphatic rings. The molecule has 0 radical (unpaired) electrons. The molecule has 0 aromatic rings. The average molecular weight is 199 g/mol. The van der Waals surface area contributed by atoms with E-state index in [0.717, 1.165) is 18.9 Å². The van der Waals surface area contributed by atoms with Crippen LogP contribution in [0.4, 0.5) is 0 Å². The van der Waals surface area contributed by atoms with Crippen LogP contribution in [0.5, 0.6) is 0 Å². The molecule has 0 amide bonds. The molecule has 2 heteroatoms. The Hall–Kier alpha value is -0.0800. The molecule has 0 saturated carbocycles. The predicted molar refractivity (Wildman–Crippen MR) is 60.3 cm³/mol. The third-order valence-electron chi connectivity index (χ3n) is 2.91. The van der Waals surface area contributed by atoms with Crippen LogP contribution in [0.25, 0.3) is 0 Å². The predicted octanol–water partition coefficient (Wildman–Crippen LogP) is 2.88. The van der Waals surface area contributed by atoms with E-state index in [2.05, 4.69) is 25.7 Å². The molecule has 1 rings (SSSR count). The molecule has 1 fully saturated rings. The zero-order valence-corrected chi connectivity index (χ0v) is 9.96. The van der Waals surface area contributed by atoms with E-state index in [9.17, 15) is 0 Å². The van der Waals surface area contributed by atoms with Gasteiger partial charge in [0.05, 0.1) is 0 Å². The Morgan fingerprint density at radius 3 is 2.50 bits per heavy atom. The minimum Gasteiger partial charge on any atom is -0.363 e. The van der Waals surface area contributed by atoms with Crippen LogP contribution in [0.3, 0.4) is 0 Å². The first kappa shape index (κ1) is 12.0. The molecule has 0 N–H and O–H groups in total. The van der Waals surface area contributed by atoms with E-state index < -0.39 is 0 Å². The summed E-state index contributed by atoms with van der Waals surface area (Å²) in [5.74, 6) is 0.878. The van der Waals surface area contributed by atoms with Gasteiger partial charge < -0.3 is 4.74 Å². The Balaban J connectivity index is 2.06. The number of ether oxygens (including phenoxy) is 1. The molecule has 0 bridgehead atoms. The van der Waals surface area contributed by atoms with Gasteiger partial charge >= 0.3 is 0 Å². The highest BCUT2D eigenvalue weighted by Gasteiger charge is 2.28. The van der Waals surface area contributed by atoms with Crippen molar-refractivity contribution in [3.63, 3.8) is 0 Å². The molecule has 1 unspecified atom stereocenters. The zero-order chi connectivity index (χ0) is 10.4. The molecule has 0 aliphatic carbocycles. The molecule has 0 spiro atoms. The Kier molecular flexibility index (Phi) is 5.49. The van der Waals surface area contributed by atoms with Crippen molar-refractivity contribution in [2.24, 2.45) is 5.92 Å². The third-order valence-corrected chi connectivity index (χ3v) is 2.91. The highest BCUT2D eigenvalue weighted by molar-refractivity contribution is 4.78. The lowest BCUT2D eigenvalue weighted by molar-refractivity contribution is -0.106. The summed E-state index contributed by atoms with van der Waals surface area (Å²) in [4.78, 5) is 2.45. The van der Waals surface area contributed by atoms with Gasteiger partial charge in [-0.05, 0) is 18.8 Å². The van der Waals surface area contributed by atoms with Gasteiger partial charge in [0, 0.05) is 19.7 Å². The fourth-order valence-corrected chi connectivity index (χ4v) is 2.04. The molecule has 1 heterocycles. The first-order valence-electron chi connectivity index (χ1n) is 6.13. The van der Waals surface area contributed by atoms with Crippen LogP contribution >= 0.6 is 0 Å². The molecule has 1 atom stereocenters. The van der Waals surface area contributed by atoms with Gasteiger partial charge in [-0.3, -0.25) is 4.90 Å². The maximum absolute atomic E-state index is 5.87. The van der Waals surface area contributed by atoms with E-state index in [4.69, 9.17) is 4.74 Å². The second kappa shape index (κ2) is 6.41. The van der Waals surface area contributed by atoms with E-state index >= 15 is 0 Å². The molecule has 84 valence electrons. The standard InChI is InChI=1S/C12H25NO/c1-4-6-7-8-14-12(5-2)13-9-11(3)10-13/h11-12H,4-10H2,1-3H3. The van der Waals surface area contributed by atoms with Gasteiger partial charge in [-0.25, -0.2) is 0 Å². The zero-order valence-electron chi connectivity index (χ0n) is 9.96. The van der Waals surface area contributed by atoms with Crippen molar-refractivity contribution in [1.29, 1.82) is 0 Å². The monoisotopic (exact) mass is 199 g/mol. The minimum absolute atomic E-state index is 0.392. The largest absolute Gasteiger partial charge is 0.363 e. The van der Waals surface area contributed by atoms with Crippen molar-refractivity contribution < 1.29 is 4.74 Å². The van der Waals surface area contributed by atoms with Crippen molar-refractivity contribution in [2.75, 3.05) is 19.7 Å². The fourth-order valence-electron chi connectivity index (χ4n) is 2.04. The number of unbranched alkanes of at least 4 members (excludes halogenated alkanes) is 2. The molecule has 0 aromatic heterocycles. The van der Waals surface area contributed by atoms with E-state index in [1.807, 2.05) is 0 Å². The van der Waals surface area contributed by atoms with Gasteiger partial charge in [0.1, 0.15) is 6.23 Å². The van der Waals surface area contributed by atoms with Gasteiger partial charge in [-0.2, -0.15) is 0 Å². The normalized spacial score (nSPS) is 20.8. The summed E-state index contributed by atoms with van der Waals surface area (Å²) in [6, 6.07) is 0. The lowest BCUT2D eigenvalue weighted by Crippen LogP contribution is -2.51. The van der Waals surface area contributed by atoms with Gasteiger partial charge in [-0.1, -0.05) is 33.6 Å². The van der Waals surface area contributed by atoms with E-state index in [0.29, 0.717) is 6.23 Å². The first-order chi connectivity index (χ1) is 6.77. The van der Waals surface area contributed by atoms with Crippen LogP contribution in [0.15, 0.2) is 0 Å². The second-order valence-corrected chi connectivity index (χ2v) is 4.50. The van der Waals surface area contributed by atoms with Gasteiger partial charge in [0.2, 0.25) is 0 Å². The van der Waals surface area contributed by atoms with Crippen LogP contribution in [0, 0.1) is 5.92 Å². The van der Waals surface area contributed by atoms with Crippen LogP contribution in [0.1, 0.15) is 46.5 Å². The van der Waals surface area contributed by atoms with Crippen molar-refractivity contribution in [2.45, 2.75) is 52.7 Å². The fraction of sp³-hybridized carbons (Fsp3) is 1.00. The first-order valence-corrected chi connectivity index (χ1v) is 6.13. The summed E-state index contributed by atoms with van der Waals surface area (Å²) in [6.07, 6.45) is 5.31. The maximum atomic E-state index is 5.87. The summed E-state index contributed by atoms with van der Waals surface area (Å²) in [5.41, 5.74) is 0. The molecular weight excluding hydrogens is 174 g/mol. The highest BCUT2D eigenvalue weighted by atomic mass is 16.5. The van der Waals surface area contributed by atoms with Gasteiger partial charge in [-0.15, -0.1) is 0 Å². The van der Waals surface area contributed by atoms with Crippen LogP contribution in [-0.4, -0.2) is 30.8 Å². The van der Waals surface area contributed by atoms with Gasteiger partial charge in [0.25, 0.3) is 0 Å². The number of nitrogens with zero attached hydrogens (tertiary/aromatic N) is 1. The Bertz CT molecular complexity index is 143. The number of hydrogen-bond acceptors (Lipinski definition) is 2. The molecule has 2 nitrogen and oxygen atoms in total. The third kappa shape index (κ3) is 3.58. The van der Waals surface area contributed by atoms with E-state index in [1.54, 1.807) is 0 Å². The van der Waals surface area contributed by atoms with E-state index in [-0.39, 0.29) is 0 Å². The Morgan fingerprint density at radius 1 is 1.29 bits per heavy atom. The minimum atomic E-state index is 0.392. The van der Waals surface area contributed by atoms with E-state index in [1.165, 1.54) is 32.4 Å². The molecular formula is C12H25NO. The number of likely N-dealkylation sites (tertiary alicyclic amines) is 1. The van der Waals surface area contributed by atoms with Crippen molar-refractivity contribution in [3.05, 3.63) is 0 Å². The van der Waals surface area contributed by atoms with Crippen molar-refractivity contribution >= 4 is 0 Å². The van der Waals surface area contributed by atoms with Crippen LogP contribution < -0.4 is 0 Å². The summed E-state index contributed by atoms with van der Waals surface area (Å²) >= 11 is 0. The lowest BCUT2D eigenvalue weighted by Gasteiger charge is -2.42. The van der Waals surface area contributed by atoms with Crippen LogP contribution in [-0.2, 0) is 4.74 Å².